The number of alkyl halides is 3. The Labute approximate surface area is 195 Å². The number of nitrogens with two attached hydrogens (primary N) is 1. The van der Waals surface area contributed by atoms with Gasteiger partial charge in [0, 0.05) is 11.2 Å². The minimum atomic E-state index is -5.33. The van der Waals surface area contributed by atoms with Gasteiger partial charge in [0.25, 0.3) is 10.0 Å². The van der Waals surface area contributed by atoms with E-state index in [2.05, 4.69) is 0 Å². The van der Waals surface area contributed by atoms with Gasteiger partial charge in [-0.2, -0.15) is 23.2 Å². The number of sulfonamides is 1. The molecule has 0 spiro atoms. The lowest BCUT2D eigenvalue weighted by Gasteiger charge is -2.21. The number of nitrogens with one attached hydrogen (secondary N) is 1. The molecule has 34 heavy (non-hydrogen) atoms. The molecule has 0 fully saturated rings. The van der Waals surface area contributed by atoms with E-state index in [-0.39, 0.29) is 17.4 Å². The van der Waals surface area contributed by atoms with Gasteiger partial charge in [-0.05, 0) is 47.3 Å². The normalized spacial score (nSPS) is 13.6. The Morgan fingerprint density at radius 1 is 1.21 bits per heavy atom. The molecule has 0 aliphatic rings. The molecule has 15 heteroatoms. The monoisotopic (exact) mass is 535 g/mol. The Morgan fingerprint density at radius 3 is 2.50 bits per heavy atom. The third-order valence-electron chi connectivity index (χ3n) is 4.50. The number of benzene rings is 2. The summed E-state index contributed by atoms with van der Waals surface area (Å²) < 4.78 is 85.2. The zero-order chi connectivity index (χ0) is 25.3. The lowest BCUT2D eigenvalue weighted by molar-refractivity contribution is -0.137. The first-order valence-corrected chi connectivity index (χ1v) is 13.3. The van der Waals surface area contributed by atoms with E-state index >= 15 is 0 Å². The zero-order valence-electron chi connectivity index (χ0n) is 17.0. The van der Waals surface area contributed by atoms with E-state index in [1.807, 2.05) is 4.72 Å². The lowest BCUT2D eigenvalue weighted by atomic mass is 10.0. The number of hydrogen-bond acceptors (Lipinski definition) is 7. The van der Waals surface area contributed by atoms with Crippen molar-refractivity contribution in [2.45, 2.75) is 16.2 Å². The van der Waals surface area contributed by atoms with E-state index in [0.717, 1.165) is 23.5 Å². The topological polar surface area (TPSA) is 163 Å². The van der Waals surface area contributed by atoms with Crippen molar-refractivity contribution < 1.29 is 40.7 Å². The Kier molecular flexibility index (Phi) is 7.40. The van der Waals surface area contributed by atoms with Gasteiger partial charge in [0.15, 0.2) is 0 Å². The van der Waals surface area contributed by atoms with Crippen molar-refractivity contribution in [3.63, 3.8) is 0 Å². The number of nitriles is 1. The quantitative estimate of drug-likeness (QED) is 0.319. The Hall–Kier alpha value is -2.50. The molecule has 0 saturated carbocycles. The highest BCUT2D eigenvalue weighted by Gasteiger charge is 2.39. The van der Waals surface area contributed by atoms with E-state index < -0.39 is 46.3 Å². The highest BCUT2D eigenvalue weighted by Crippen LogP contribution is 2.51. The molecule has 0 saturated heterocycles. The van der Waals surface area contributed by atoms with Crippen molar-refractivity contribution >= 4 is 39.0 Å². The number of rotatable bonds is 8. The number of hydrogen-bond donors (Lipinski definition) is 4. The highest BCUT2D eigenvalue weighted by molar-refractivity contribution is 7.92. The minimum absolute atomic E-state index is 0.233. The van der Waals surface area contributed by atoms with Crippen LogP contribution in [0.2, 0.25) is 0 Å². The molecular formula is C19H17F3N3O6PS2. The van der Waals surface area contributed by atoms with Crippen LogP contribution in [-0.2, 0) is 20.8 Å². The average Bonchev–Trinajstić information content (AvgIpc) is 3.19. The molecule has 0 amide bonds. The van der Waals surface area contributed by atoms with Crippen LogP contribution in [0.5, 0.6) is 5.75 Å². The first-order valence-electron chi connectivity index (χ1n) is 9.31. The van der Waals surface area contributed by atoms with Crippen LogP contribution in [0.25, 0.3) is 10.1 Å². The summed E-state index contributed by atoms with van der Waals surface area (Å²) in [6.07, 6.45) is -5.01. The van der Waals surface area contributed by atoms with Gasteiger partial charge in [-0.15, -0.1) is 11.3 Å². The Bertz CT molecular complexity index is 1410. The molecule has 2 aromatic carbocycles. The molecule has 1 unspecified atom stereocenters. The minimum Gasteiger partial charge on any atom is -0.492 e. The molecule has 0 bridgehead atoms. The van der Waals surface area contributed by atoms with Crippen LogP contribution in [0.4, 0.5) is 13.2 Å². The summed E-state index contributed by atoms with van der Waals surface area (Å²) in [5, 5.41) is 9.38. The average molecular weight is 535 g/mol. The predicted octanol–water partition coefficient (Wildman–Crippen LogP) is 3.28. The number of fused-ring (bicyclic) bond motifs is 1. The second-order valence-corrected chi connectivity index (χ2v) is 11.6. The van der Waals surface area contributed by atoms with Crippen LogP contribution in [0.15, 0.2) is 46.7 Å². The van der Waals surface area contributed by atoms with E-state index in [1.165, 1.54) is 12.1 Å². The maximum absolute atomic E-state index is 13.3. The first-order chi connectivity index (χ1) is 15.8. The highest BCUT2D eigenvalue weighted by atomic mass is 32.2. The summed E-state index contributed by atoms with van der Waals surface area (Å²) in [6, 6.07) is 9.23. The maximum Gasteiger partial charge on any atom is 0.417 e. The lowest BCUT2D eigenvalue weighted by Crippen LogP contribution is -2.28. The van der Waals surface area contributed by atoms with Crippen LogP contribution >= 0.6 is 18.9 Å². The fourth-order valence-electron chi connectivity index (χ4n) is 3.00. The van der Waals surface area contributed by atoms with E-state index in [0.29, 0.717) is 21.9 Å². The molecule has 3 aromatic rings. The molecule has 0 aliphatic carbocycles. The van der Waals surface area contributed by atoms with Crippen LogP contribution < -0.4 is 15.2 Å². The Balaban J connectivity index is 2.02. The van der Waals surface area contributed by atoms with Crippen LogP contribution in [0, 0.1) is 11.3 Å². The molecule has 1 heterocycles. The molecule has 0 radical (unpaired) electrons. The van der Waals surface area contributed by atoms with Crippen LogP contribution in [-0.4, -0.2) is 31.4 Å². The third-order valence-corrected chi connectivity index (χ3v) is 8.79. The number of ether oxygens (including phenoxy) is 1. The second-order valence-electron chi connectivity index (χ2n) is 6.93. The summed E-state index contributed by atoms with van der Waals surface area (Å²) in [6.45, 7) is 0.497. The smallest absolute Gasteiger partial charge is 0.417 e. The molecule has 1 atom stereocenters. The van der Waals surface area contributed by atoms with Gasteiger partial charge >= 0.3 is 13.8 Å². The summed E-state index contributed by atoms with van der Waals surface area (Å²) in [5.74, 6) is -1.89. The first kappa shape index (κ1) is 26.1. The van der Waals surface area contributed by atoms with Gasteiger partial charge in [0.1, 0.15) is 22.3 Å². The number of halogens is 3. The van der Waals surface area contributed by atoms with Crippen LogP contribution in [0.3, 0.4) is 0 Å². The van der Waals surface area contributed by atoms with Crippen molar-refractivity contribution in [2.24, 2.45) is 5.73 Å². The van der Waals surface area contributed by atoms with E-state index in [4.69, 9.17) is 15.7 Å². The van der Waals surface area contributed by atoms with Crippen molar-refractivity contribution in [3.05, 3.63) is 59.2 Å². The van der Waals surface area contributed by atoms with Gasteiger partial charge < -0.3 is 20.3 Å². The SMILES string of the molecule is N#Cc1ccc(C(NS(=O)(=O)c2cc3cc(OCCN)ccc3s2)P(=O)(O)O)cc1C(F)(F)F. The summed E-state index contributed by atoms with van der Waals surface area (Å²) >= 11 is 0.791. The zero-order valence-corrected chi connectivity index (χ0v) is 19.5. The third kappa shape index (κ3) is 5.76. The van der Waals surface area contributed by atoms with Crippen molar-refractivity contribution in [2.75, 3.05) is 13.2 Å². The standard InChI is InChI=1S/C19H17F3N3O6PS2/c20-19(21,22)15-8-11(1-2-12(15)10-24)18(32(26,27)28)25-34(29,30)17-9-13-7-14(31-6-5-23)3-4-16(13)33-17/h1-4,7-9,18,25H,5-6,23H2,(H2,26,27,28). The van der Waals surface area contributed by atoms with Crippen LogP contribution in [0.1, 0.15) is 22.5 Å². The predicted molar refractivity (Wildman–Crippen MR) is 118 cm³/mol. The van der Waals surface area contributed by atoms with E-state index in [1.54, 1.807) is 18.2 Å². The largest absolute Gasteiger partial charge is 0.492 e. The van der Waals surface area contributed by atoms with Gasteiger partial charge in [-0.25, -0.2) is 8.42 Å². The summed E-state index contributed by atoms with van der Waals surface area (Å²) in [4.78, 5) is 19.5. The van der Waals surface area contributed by atoms with Crippen molar-refractivity contribution in [1.82, 2.24) is 4.72 Å². The maximum atomic E-state index is 13.3. The van der Waals surface area contributed by atoms with Gasteiger partial charge in [-0.1, -0.05) is 6.07 Å². The molecule has 3 rings (SSSR count). The number of nitrogens with zero attached hydrogens (tertiary/aromatic N) is 1. The van der Waals surface area contributed by atoms with Crippen molar-refractivity contribution in [3.8, 4) is 11.8 Å². The molecular weight excluding hydrogens is 518 g/mol. The van der Waals surface area contributed by atoms with Crippen molar-refractivity contribution in [1.29, 1.82) is 5.26 Å². The summed E-state index contributed by atoms with van der Waals surface area (Å²) in [5.41, 5.74) is 2.50. The van der Waals surface area contributed by atoms with Gasteiger partial charge in [0.2, 0.25) is 0 Å². The molecule has 1 aromatic heterocycles. The summed E-state index contributed by atoms with van der Waals surface area (Å²) in [7, 11) is -9.91. The fraction of sp³-hybridized carbons (Fsp3) is 0.211. The molecule has 9 nitrogen and oxygen atoms in total. The molecule has 0 aliphatic heterocycles. The fourth-order valence-corrected chi connectivity index (χ4v) is 6.97. The van der Waals surface area contributed by atoms with E-state index in [9.17, 15) is 35.9 Å². The molecule has 5 N–H and O–H groups in total. The van der Waals surface area contributed by atoms with Gasteiger partial charge in [-0.3, -0.25) is 4.57 Å². The number of thiophene rings is 1. The second kappa shape index (κ2) is 9.63. The Morgan fingerprint density at radius 2 is 1.91 bits per heavy atom. The van der Waals surface area contributed by atoms with Gasteiger partial charge in [0.05, 0.1) is 17.2 Å². The molecule has 182 valence electrons.